The molecule has 0 aliphatic carbocycles. The fourth-order valence-electron chi connectivity index (χ4n) is 2.11. The van der Waals surface area contributed by atoms with Crippen LogP contribution in [0.3, 0.4) is 0 Å². The third kappa shape index (κ3) is 2.56. The molecule has 1 heterocycles. The van der Waals surface area contributed by atoms with Crippen LogP contribution >= 0.6 is 0 Å². The van der Waals surface area contributed by atoms with Crippen molar-refractivity contribution in [2.45, 2.75) is 13.3 Å². The van der Waals surface area contributed by atoms with Crippen molar-refractivity contribution in [1.29, 1.82) is 0 Å². The molecule has 0 spiro atoms. The highest BCUT2D eigenvalue weighted by Crippen LogP contribution is 2.36. The van der Waals surface area contributed by atoms with Gasteiger partial charge in [0.25, 0.3) is 0 Å². The quantitative estimate of drug-likeness (QED) is 0.906. The third-order valence-corrected chi connectivity index (χ3v) is 3.17. The molecule has 0 radical (unpaired) electrons. The van der Waals surface area contributed by atoms with E-state index in [0.717, 1.165) is 29.4 Å². The number of hydrogen-bond donors (Lipinski definition) is 1. The minimum atomic E-state index is -0.0524. The number of rotatable bonds is 3. The predicted octanol–water partition coefficient (Wildman–Crippen LogP) is 2.22. The van der Waals surface area contributed by atoms with E-state index in [1.807, 2.05) is 42.2 Å². The lowest BCUT2D eigenvalue weighted by Gasteiger charge is -2.33. The van der Waals surface area contributed by atoms with Gasteiger partial charge in [0.2, 0.25) is 5.91 Å². The zero-order valence-electron chi connectivity index (χ0n) is 11.6. The summed E-state index contributed by atoms with van der Waals surface area (Å²) in [4.78, 5) is 11.8. The van der Waals surface area contributed by atoms with Crippen LogP contribution in [0.4, 0.5) is 11.4 Å². The molecule has 1 amide bonds. The van der Waals surface area contributed by atoms with Gasteiger partial charge < -0.3 is 10.1 Å². The van der Waals surface area contributed by atoms with Gasteiger partial charge in [-0.15, -0.1) is 0 Å². The normalized spacial score (nSPS) is 15.1. The minimum Gasteiger partial charge on any atom is -0.497 e. The average molecular weight is 261 g/mol. The van der Waals surface area contributed by atoms with Gasteiger partial charge in [0.15, 0.2) is 0 Å². The molecule has 0 saturated carbocycles. The Kier molecular flexibility index (Phi) is 3.76. The van der Waals surface area contributed by atoms with E-state index in [9.17, 15) is 4.79 Å². The third-order valence-electron chi connectivity index (χ3n) is 3.17. The van der Waals surface area contributed by atoms with E-state index < -0.39 is 0 Å². The molecule has 5 nitrogen and oxygen atoms in total. The smallest absolute Gasteiger partial charge is 0.230 e. The lowest BCUT2D eigenvalue weighted by atomic mass is 10.2. The molecule has 0 atom stereocenters. The summed E-state index contributed by atoms with van der Waals surface area (Å²) < 4.78 is 5.26. The van der Waals surface area contributed by atoms with Crippen molar-refractivity contribution in [1.82, 2.24) is 5.01 Å². The lowest BCUT2D eigenvalue weighted by Crippen LogP contribution is -2.38. The fraction of sp³-hybridized carbons (Fsp3) is 0.357. The van der Waals surface area contributed by atoms with Gasteiger partial charge in [-0.2, -0.15) is 0 Å². The molecule has 0 bridgehead atoms. The number of amides is 1. The number of anilines is 2. The Morgan fingerprint density at radius 1 is 1.53 bits per heavy atom. The average Bonchev–Trinajstić information content (AvgIpc) is 2.51. The number of hydrogen-bond acceptors (Lipinski definition) is 4. The van der Waals surface area contributed by atoms with Gasteiger partial charge in [0, 0.05) is 25.4 Å². The van der Waals surface area contributed by atoms with Crippen molar-refractivity contribution in [3.63, 3.8) is 0 Å². The zero-order valence-corrected chi connectivity index (χ0v) is 11.6. The van der Waals surface area contributed by atoms with Crippen molar-refractivity contribution in [3.8, 4) is 5.75 Å². The van der Waals surface area contributed by atoms with E-state index in [0.29, 0.717) is 0 Å². The second-order valence-corrected chi connectivity index (χ2v) is 4.46. The Bertz CT molecular complexity index is 513. The Morgan fingerprint density at radius 2 is 2.26 bits per heavy atom. The van der Waals surface area contributed by atoms with Gasteiger partial charge in [-0.1, -0.05) is 13.5 Å². The molecule has 2 rings (SSSR count). The Labute approximate surface area is 113 Å². The fourth-order valence-corrected chi connectivity index (χ4v) is 2.11. The van der Waals surface area contributed by atoms with Crippen LogP contribution in [0, 0.1) is 0 Å². The maximum Gasteiger partial charge on any atom is 0.230 e. The van der Waals surface area contributed by atoms with Gasteiger partial charge in [-0.05, 0) is 12.1 Å². The van der Waals surface area contributed by atoms with Crippen LogP contribution in [-0.4, -0.2) is 31.6 Å². The number of nitrogens with zero attached hydrogens (tertiary/aromatic N) is 2. The lowest BCUT2D eigenvalue weighted by molar-refractivity contribution is -0.115. The maximum atomic E-state index is 11.8. The number of carbonyl (C=O) groups excluding carboxylic acids is 1. The van der Waals surface area contributed by atoms with E-state index in [1.165, 1.54) is 0 Å². The summed E-state index contributed by atoms with van der Waals surface area (Å²) in [5, 5.41) is 6.86. The number of carbonyl (C=O) groups is 1. The van der Waals surface area contributed by atoms with Gasteiger partial charge in [0.1, 0.15) is 5.75 Å². The molecule has 1 aliphatic heterocycles. The summed E-state index contributed by atoms with van der Waals surface area (Å²) in [6.45, 7) is 6.87. The molecule has 19 heavy (non-hydrogen) atoms. The molecule has 5 heteroatoms. The molecule has 102 valence electrons. The summed E-state index contributed by atoms with van der Waals surface area (Å²) in [6, 6.07) is 5.58. The highest BCUT2D eigenvalue weighted by molar-refractivity contribution is 5.98. The van der Waals surface area contributed by atoms with Crippen LogP contribution in [-0.2, 0) is 4.79 Å². The standard InChI is InChI=1S/C14H19N3O2/c1-5-16(3)17-10(2)8-14(18)15-12-7-6-11(19-4)9-13(12)17/h6-7,9H,2,5,8H2,1,3-4H3,(H,15,18). The van der Waals surface area contributed by atoms with Gasteiger partial charge in [-0.3, -0.25) is 9.80 Å². The van der Waals surface area contributed by atoms with Gasteiger partial charge >= 0.3 is 0 Å². The van der Waals surface area contributed by atoms with E-state index in [4.69, 9.17) is 4.74 Å². The van der Waals surface area contributed by atoms with Gasteiger partial charge in [-0.25, -0.2) is 5.01 Å². The summed E-state index contributed by atoms with van der Waals surface area (Å²) in [7, 11) is 3.59. The first-order chi connectivity index (χ1) is 9.06. The maximum absolute atomic E-state index is 11.8. The monoisotopic (exact) mass is 261 g/mol. The number of hydrazine groups is 1. The van der Waals surface area contributed by atoms with Crippen LogP contribution < -0.4 is 15.1 Å². The predicted molar refractivity (Wildman–Crippen MR) is 76.2 cm³/mol. The first-order valence-electron chi connectivity index (χ1n) is 6.23. The Hall–Kier alpha value is -2.01. The zero-order chi connectivity index (χ0) is 14.0. The molecular formula is C14H19N3O2. The molecule has 1 N–H and O–H groups in total. The van der Waals surface area contributed by atoms with Crippen LogP contribution in [0.1, 0.15) is 13.3 Å². The van der Waals surface area contributed by atoms with Crippen molar-refractivity contribution >= 4 is 17.3 Å². The molecule has 1 aliphatic rings. The molecular weight excluding hydrogens is 242 g/mol. The molecule has 1 aromatic carbocycles. The largest absolute Gasteiger partial charge is 0.497 e. The first-order valence-corrected chi connectivity index (χ1v) is 6.23. The molecule has 0 fully saturated rings. The summed E-state index contributed by atoms with van der Waals surface area (Å²) in [6.07, 6.45) is 0.279. The van der Waals surface area contributed by atoms with Gasteiger partial charge in [0.05, 0.1) is 24.9 Å². The van der Waals surface area contributed by atoms with E-state index in [-0.39, 0.29) is 12.3 Å². The highest BCUT2D eigenvalue weighted by Gasteiger charge is 2.25. The minimum absolute atomic E-state index is 0.0524. The summed E-state index contributed by atoms with van der Waals surface area (Å²) >= 11 is 0. The Balaban J connectivity index is 2.54. The number of fused-ring (bicyclic) bond motifs is 1. The van der Waals surface area contributed by atoms with Crippen molar-refractivity contribution in [2.24, 2.45) is 0 Å². The van der Waals surface area contributed by atoms with Crippen molar-refractivity contribution in [2.75, 3.05) is 31.0 Å². The number of ether oxygens (including phenoxy) is 1. The SMILES string of the molecule is C=C1CC(=O)Nc2ccc(OC)cc2N1N(C)CC. The number of methoxy groups -OCH3 is 1. The van der Waals surface area contributed by atoms with Crippen LogP contribution in [0.2, 0.25) is 0 Å². The highest BCUT2D eigenvalue weighted by atomic mass is 16.5. The molecule has 0 aromatic heterocycles. The van der Waals surface area contributed by atoms with Crippen LogP contribution in [0.15, 0.2) is 30.5 Å². The van der Waals surface area contributed by atoms with Crippen LogP contribution in [0.25, 0.3) is 0 Å². The Morgan fingerprint density at radius 3 is 2.89 bits per heavy atom. The molecule has 0 unspecified atom stereocenters. The number of nitrogens with one attached hydrogen (secondary N) is 1. The van der Waals surface area contributed by atoms with E-state index in [2.05, 4.69) is 11.9 Å². The van der Waals surface area contributed by atoms with Crippen molar-refractivity contribution < 1.29 is 9.53 Å². The van der Waals surface area contributed by atoms with Crippen molar-refractivity contribution in [3.05, 3.63) is 30.5 Å². The van der Waals surface area contributed by atoms with Crippen LogP contribution in [0.5, 0.6) is 5.75 Å². The first kappa shape index (κ1) is 13.4. The van der Waals surface area contributed by atoms with E-state index in [1.54, 1.807) is 7.11 Å². The molecule has 0 saturated heterocycles. The second kappa shape index (κ2) is 5.32. The summed E-state index contributed by atoms with van der Waals surface area (Å²) in [5.41, 5.74) is 2.39. The number of benzene rings is 1. The molecule has 1 aromatic rings. The topological polar surface area (TPSA) is 44.8 Å². The summed E-state index contributed by atoms with van der Waals surface area (Å²) in [5.74, 6) is 0.695. The van der Waals surface area contributed by atoms with E-state index >= 15 is 0 Å². The second-order valence-electron chi connectivity index (χ2n) is 4.46.